The average Bonchev–Trinajstić information content (AvgIpc) is 2.46. The van der Waals surface area contributed by atoms with Crippen LogP contribution in [0.15, 0.2) is 54.6 Å². The maximum absolute atomic E-state index is 5.69. The fourth-order valence-corrected chi connectivity index (χ4v) is 1.91. The van der Waals surface area contributed by atoms with Gasteiger partial charge in [0.15, 0.2) is 0 Å². The van der Waals surface area contributed by atoms with E-state index in [1.807, 2.05) is 42.5 Å². The molecule has 2 aromatic carbocycles. The molecule has 3 nitrogen and oxygen atoms in total. The quantitative estimate of drug-likeness (QED) is 0.876. The number of rotatable bonds is 5. The molecular weight excluding hydrogens is 224 g/mol. The molecule has 0 spiro atoms. The van der Waals surface area contributed by atoms with Crippen molar-refractivity contribution in [2.75, 3.05) is 25.1 Å². The van der Waals surface area contributed by atoms with Crippen molar-refractivity contribution >= 4 is 11.4 Å². The number of nitrogens with two attached hydrogens (primary N) is 1. The molecule has 0 amide bonds. The predicted octanol–water partition coefficient (Wildman–Crippen LogP) is 2.79. The Morgan fingerprint density at radius 3 is 2.11 bits per heavy atom. The number of benzene rings is 2. The lowest BCUT2D eigenvalue weighted by Gasteiger charge is -2.24. The van der Waals surface area contributed by atoms with E-state index in [1.165, 1.54) is 0 Å². The Kier molecular flexibility index (Phi) is 4.20. The van der Waals surface area contributed by atoms with Crippen molar-refractivity contribution in [1.82, 2.24) is 0 Å². The molecule has 94 valence electrons. The Hall–Kier alpha value is -2.00. The monoisotopic (exact) mass is 242 g/mol. The van der Waals surface area contributed by atoms with Gasteiger partial charge in [-0.1, -0.05) is 18.2 Å². The molecule has 0 atom stereocenters. The van der Waals surface area contributed by atoms with Gasteiger partial charge < -0.3 is 15.4 Å². The number of hydrogen-bond acceptors (Lipinski definition) is 3. The maximum atomic E-state index is 5.69. The van der Waals surface area contributed by atoms with Crippen LogP contribution in [-0.4, -0.2) is 20.2 Å². The van der Waals surface area contributed by atoms with Crippen LogP contribution in [0.4, 0.5) is 11.4 Å². The summed E-state index contributed by atoms with van der Waals surface area (Å²) in [6.45, 7) is 1.40. The van der Waals surface area contributed by atoms with Crippen molar-refractivity contribution in [2.45, 2.75) is 0 Å². The van der Waals surface area contributed by atoms with Gasteiger partial charge >= 0.3 is 0 Å². The standard InChI is InChI=1S/C15H18N2O/c1-18-15-9-7-14(8-10-15)17(12-11-16)13-5-3-2-4-6-13/h2-10H,11-12,16H2,1H3. The first-order chi connectivity index (χ1) is 8.85. The molecular formula is C15H18N2O. The molecule has 18 heavy (non-hydrogen) atoms. The molecule has 0 aliphatic carbocycles. The number of para-hydroxylation sites is 1. The van der Waals surface area contributed by atoms with Crippen molar-refractivity contribution in [3.05, 3.63) is 54.6 Å². The van der Waals surface area contributed by atoms with Crippen LogP contribution in [0, 0.1) is 0 Å². The summed E-state index contributed by atoms with van der Waals surface area (Å²) in [6.07, 6.45) is 0. The molecule has 2 rings (SSSR count). The average molecular weight is 242 g/mol. The number of methoxy groups -OCH3 is 1. The second-order valence-corrected chi connectivity index (χ2v) is 3.97. The van der Waals surface area contributed by atoms with E-state index in [2.05, 4.69) is 17.0 Å². The second kappa shape index (κ2) is 6.07. The fraction of sp³-hybridized carbons (Fsp3) is 0.200. The van der Waals surface area contributed by atoms with Gasteiger partial charge in [-0.3, -0.25) is 0 Å². The van der Waals surface area contributed by atoms with Crippen LogP contribution in [0.5, 0.6) is 5.75 Å². The SMILES string of the molecule is COc1ccc(N(CCN)c2ccccc2)cc1. The highest BCUT2D eigenvalue weighted by Crippen LogP contribution is 2.26. The number of ether oxygens (including phenoxy) is 1. The molecule has 0 bridgehead atoms. The normalized spacial score (nSPS) is 10.1. The van der Waals surface area contributed by atoms with Gasteiger partial charge in [-0.25, -0.2) is 0 Å². The minimum Gasteiger partial charge on any atom is -0.497 e. The van der Waals surface area contributed by atoms with Crippen LogP contribution >= 0.6 is 0 Å². The Morgan fingerprint density at radius 1 is 0.944 bits per heavy atom. The minimum absolute atomic E-state index is 0.612. The number of hydrogen-bond donors (Lipinski definition) is 1. The van der Waals surface area contributed by atoms with E-state index < -0.39 is 0 Å². The van der Waals surface area contributed by atoms with Gasteiger partial charge in [0.1, 0.15) is 5.75 Å². The molecule has 0 saturated heterocycles. The molecule has 2 N–H and O–H groups in total. The first-order valence-electron chi connectivity index (χ1n) is 6.02. The first kappa shape index (κ1) is 12.5. The summed E-state index contributed by atoms with van der Waals surface area (Å²) in [6, 6.07) is 18.2. The summed E-state index contributed by atoms with van der Waals surface area (Å²) in [4.78, 5) is 2.19. The summed E-state index contributed by atoms with van der Waals surface area (Å²) in [5.41, 5.74) is 7.96. The largest absolute Gasteiger partial charge is 0.497 e. The highest BCUT2D eigenvalue weighted by Gasteiger charge is 2.07. The third kappa shape index (κ3) is 2.81. The highest BCUT2D eigenvalue weighted by molar-refractivity contribution is 5.63. The fourth-order valence-electron chi connectivity index (χ4n) is 1.91. The molecule has 0 aromatic heterocycles. The van der Waals surface area contributed by atoms with Crippen LogP contribution < -0.4 is 15.4 Å². The van der Waals surface area contributed by atoms with Gasteiger partial charge in [0.05, 0.1) is 7.11 Å². The molecule has 3 heteroatoms. The lowest BCUT2D eigenvalue weighted by atomic mass is 10.2. The summed E-state index contributed by atoms with van der Waals surface area (Å²) < 4.78 is 5.17. The van der Waals surface area contributed by atoms with Gasteiger partial charge in [0.25, 0.3) is 0 Å². The zero-order chi connectivity index (χ0) is 12.8. The van der Waals surface area contributed by atoms with Crippen LogP contribution in [0.3, 0.4) is 0 Å². The third-order valence-corrected chi connectivity index (χ3v) is 2.80. The Balaban J connectivity index is 2.29. The number of anilines is 2. The first-order valence-corrected chi connectivity index (χ1v) is 6.02. The lowest BCUT2D eigenvalue weighted by molar-refractivity contribution is 0.415. The topological polar surface area (TPSA) is 38.5 Å². The van der Waals surface area contributed by atoms with Crippen LogP contribution in [-0.2, 0) is 0 Å². The van der Waals surface area contributed by atoms with E-state index in [9.17, 15) is 0 Å². The Labute approximate surface area is 108 Å². The van der Waals surface area contributed by atoms with Gasteiger partial charge in [0, 0.05) is 24.5 Å². The van der Waals surface area contributed by atoms with Gasteiger partial charge in [0.2, 0.25) is 0 Å². The molecule has 0 aliphatic rings. The summed E-state index contributed by atoms with van der Waals surface area (Å²) in [5, 5.41) is 0. The molecule has 0 aliphatic heterocycles. The van der Waals surface area contributed by atoms with Gasteiger partial charge in [-0.2, -0.15) is 0 Å². The molecule has 0 heterocycles. The summed E-state index contributed by atoms with van der Waals surface area (Å²) in [5.74, 6) is 0.861. The van der Waals surface area contributed by atoms with E-state index in [0.29, 0.717) is 6.54 Å². The zero-order valence-electron chi connectivity index (χ0n) is 10.5. The van der Waals surface area contributed by atoms with Crippen LogP contribution in [0.2, 0.25) is 0 Å². The molecule has 0 saturated carbocycles. The lowest BCUT2D eigenvalue weighted by Crippen LogP contribution is -2.24. The van der Waals surface area contributed by atoms with Gasteiger partial charge in [-0.05, 0) is 36.4 Å². The maximum Gasteiger partial charge on any atom is 0.119 e. The van der Waals surface area contributed by atoms with Crippen molar-refractivity contribution < 1.29 is 4.74 Å². The highest BCUT2D eigenvalue weighted by atomic mass is 16.5. The second-order valence-electron chi connectivity index (χ2n) is 3.97. The van der Waals surface area contributed by atoms with Crippen molar-refractivity contribution in [3.63, 3.8) is 0 Å². The number of nitrogens with zero attached hydrogens (tertiary/aromatic N) is 1. The van der Waals surface area contributed by atoms with Crippen LogP contribution in [0.1, 0.15) is 0 Å². The van der Waals surface area contributed by atoms with E-state index in [1.54, 1.807) is 7.11 Å². The summed E-state index contributed by atoms with van der Waals surface area (Å²) >= 11 is 0. The Morgan fingerprint density at radius 2 is 1.56 bits per heavy atom. The molecule has 0 unspecified atom stereocenters. The molecule has 2 aromatic rings. The predicted molar refractivity (Wildman–Crippen MR) is 75.5 cm³/mol. The van der Waals surface area contributed by atoms with Crippen molar-refractivity contribution in [3.8, 4) is 5.75 Å². The smallest absolute Gasteiger partial charge is 0.119 e. The Bertz CT molecular complexity index is 468. The third-order valence-electron chi connectivity index (χ3n) is 2.80. The minimum atomic E-state index is 0.612. The summed E-state index contributed by atoms with van der Waals surface area (Å²) in [7, 11) is 1.67. The molecule has 0 fully saturated rings. The van der Waals surface area contributed by atoms with E-state index in [-0.39, 0.29) is 0 Å². The van der Waals surface area contributed by atoms with Gasteiger partial charge in [-0.15, -0.1) is 0 Å². The van der Waals surface area contributed by atoms with E-state index in [4.69, 9.17) is 10.5 Å². The zero-order valence-corrected chi connectivity index (χ0v) is 10.5. The van der Waals surface area contributed by atoms with E-state index >= 15 is 0 Å². The van der Waals surface area contributed by atoms with Crippen molar-refractivity contribution in [1.29, 1.82) is 0 Å². The van der Waals surface area contributed by atoms with Crippen molar-refractivity contribution in [2.24, 2.45) is 5.73 Å². The van der Waals surface area contributed by atoms with E-state index in [0.717, 1.165) is 23.7 Å². The van der Waals surface area contributed by atoms with Crippen LogP contribution in [0.25, 0.3) is 0 Å². The molecule has 0 radical (unpaired) electrons.